The molecule has 0 radical (unpaired) electrons. The Kier molecular flexibility index (Phi) is 4.55. The van der Waals surface area contributed by atoms with Crippen LogP contribution in [0.4, 0.5) is 5.69 Å². The van der Waals surface area contributed by atoms with Crippen molar-refractivity contribution in [2.45, 2.75) is 27.2 Å². The van der Waals surface area contributed by atoms with Crippen molar-refractivity contribution in [2.75, 3.05) is 18.1 Å². The number of aliphatic hydroxyl groups is 1. The Balaban J connectivity index is 1.66. The Morgan fingerprint density at radius 2 is 2.00 bits per heavy atom. The predicted octanol–water partition coefficient (Wildman–Crippen LogP) is 4.74. The fourth-order valence-corrected chi connectivity index (χ4v) is 3.40. The van der Waals surface area contributed by atoms with Gasteiger partial charge in [-0.05, 0) is 55.7 Å². The highest BCUT2D eigenvalue weighted by atomic mass is 16.5. The van der Waals surface area contributed by atoms with Gasteiger partial charge in [-0.25, -0.2) is 4.98 Å². The second-order valence-electron chi connectivity index (χ2n) is 7.14. The first-order valence-electron chi connectivity index (χ1n) is 9.46. The van der Waals surface area contributed by atoms with Gasteiger partial charge in [0.1, 0.15) is 23.2 Å². The molecule has 1 aliphatic rings. The molecular formula is C22H24N4O2. The number of nitrogens with one attached hydrogen (secondary N) is 2. The van der Waals surface area contributed by atoms with Gasteiger partial charge < -0.3 is 19.7 Å². The highest BCUT2D eigenvalue weighted by Crippen LogP contribution is 2.32. The van der Waals surface area contributed by atoms with Gasteiger partial charge in [-0.3, -0.25) is 5.41 Å². The monoisotopic (exact) mass is 376 g/mol. The number of aromatic amines is 1. The van der Waals surface area contributed by atoms with Gasteiger partial charge in [0.15, 0.2) is 0 Å². The van der Waals surface area contributed by atoms with Crippen molar-refractivity contribution < 1.29 is 9.84 Å². The molecule has 0 fully saturated rings. The molecule has 1 aliphatic heterocycles. The highest BCUT2D eigenvalue weighted by molar-refractivity contribution is 6.30. The van der Waals surface area contributed by atoms with E-state index < -0.39 is 0 Å². The molecule has 2 aromatic carbocycles. The fourth-order valence-electron chi connectivity index (χ4n) is 3.40. The summed E-state index contributed by atoms with van der Waals surface area (Å²) in [5, 5.41) is 19.2. The number of fused-ring (bicyclic) bond motifs is 1. The Hall–Kier alpha value is -3.28. The molecule has 0 spiro atoms. The molecule has 0 unspecified atom stereocenters. The maximum Gasteiger partial charge on any atom is 0.145 e. The number of hydrogen-bond acceptors (Lipinski definition) is 4. The number of amidine groups is 1. The minimum Gasteiger partial charge on any atom is -0.509 e. The van der Waals surface area contributed by atoms with Gasteiger partial charge in [0.2, 0.25) is 0 Å². The molecule has 1 aromatic heterocycles. The lowest BCUT2D eigenvalue weighted by Gasteiger charge is -2.19. The minimum atomic E-state index is 0.136. The molecule has 3 N–H and O–H groups in total. The van der Waals surface area contributed by atoms with Crippen molar-refractivity contribution in [1.29, 1.82) is 5.41 Å². The first-order chi connectivity index (χ1) is 13.5. The topological polar surface area (TPSA) is 85.2 Å². The van der Waals surface area contributed by atoms with Crippen molar-refractivity contribution in [3.8, 4) is 5.75 Å². The number of benzene rings is 2. The van der Waals surface area contributed by atoms with Crippen LogP contribution >= 0.6 is 0 Å². The number of ether oxygens (including phenoxy) is 1. The van der Waals surface area contributed by atoms with Crippen LogP contribution in [-0.2, 0) is 0 Å². The van der Waals surface area contributed by atoms with Gasteiger partial charge in [-0.15, -0.1) is 0 Å². The number of anilines is 1. The maximum absolute atomic E-state index is 10.6. The van der Waals surface area contributed by atoms with Gasteiger partial charge >= 0.3 is 0 Å². The molecule has 0 bridgehead atoms. The Bertz CT molecular complexity index is 1060. The number of aryl methyl sites for hydroxylation is 2. The SMILES string of the molecule is CCCOc1cccc(N2CC(O)=C(c3nc4cc(C)c(C)cc4[nH]3)C2=N)c1. The smallest absolute Gasteiger partial charge is 0.145 e. The number of imidazole rings is 1. The average Bonchev–Trinajstić information content (AvgIpc) is 3.20. The van der Waals surface area contributed by atoms with E-state index in [1.165, 1.54) is 5.56 Å². The fraction of sp³-hybridized carbons (Fsp3) is 0.273. The van der Waals surface area contributed by atoms with Crippen LogP contribution in [0, 0.1) is 19.3 Å². The summed E-state index contributed by atoms with van der Waals surface area (Å²) in [6, 6.07) is 11.7. The van der Waals surface area contributed by atoms with E-state index in [4.69, 9.17) is 10.1 Å². The zero-order valence-corrected chi connectivity index (χ0v) is 16.3. The first kappa shape index (κ1) is 18.1. The summed E-state index contributed by atoms with van der Waals surface area (Å²) in [6.07, 6.45) is 0.932. The van der Waals surface area contributed by atoms with Crippen molar-refractivity contribution in [3.63, 3.8) is 0 Å². The van der Waals surface area contributed by atoms with Crippen LogP contribution in [-0.4, -0.2) is 34.1 Å². The van der Waals surface area contributed by atoms with Crippen LogP contribution in [0.2, 0.25) is 0 Å². The lowest BCUT2D eigenvalue weighted by Crippen LogP contribution is -2.26. The standard InChI is InChI=1S/C22H24N4O2/c1-4-8-28-16-7-5-6-15(11-16)26-12-19(27)20(21(26)23)22-24-17-9-13(2)14(3)10-18(17)25-22/h5-7,9-11,23,27H,4,8,12H2,1-3H3,(H,24,25). The van der Waals surface area contributed by atoms with Crippen LogP contribution in [0.3, 0.4) is 0 Å². The predicted molar refractivity (Wildman–Crippen MR) is 112 cm³/mol. The largest absolute Gasteiger partial charge is 0.509 e. The van der Waals surface area contributed by atoms with Gasteiger partial charge in [-0.1, -0.05) is 13.0 Å². The Morgan fingerprint density at radius 1 is 1.21 bits per heavy atom. The van der Waals surface area contributed by atoms with E-state index in [2.05, 4.69) is 23.8 Å². The Labute approximate surface area is 164 Å². The van der Waals surface area contributed by atoms with Crippen LogP contribution in [0.15, 0.2) is 42.2 Å². The Morgan fingerprint density at radius 3 is 2.79 bits per heavy atom. The number of aromatic nitrogens is 2. The van der Waals surface area contributed by atoms with Crippen LogP contribution in [0.5, 0.6) is 5.75 Å². The zero-order valence-electron chi connectivity index (χ0n) is 16.3. The molecule has 0 saturated carbocycles. The van der Waals surface area contributed by atoms with Gasteiger partial charge in [0, 0.05) is 11.8 Å². The molecule has 6 nitrogen and oxygen atoms in total. The summed E-state index contributed by atoms with van der Waals surface area (Å²) in [4.78, 5) is 9.63. The minimum absolute atomic E-state index is 0.136. The normalized spacial score (nSPS) is 14.4. The van der Waals surface area contributed by atoms with Crippen LogP contribution < -0.4 is 9.64 Å². The third-order valence-corrected chi connectivity index (χ3v) is 5.04. The first-order valence-corrected chi connectivity index (χ1v) is 9.46. The molecule has 4 rings (SSSR count). The number of hydrogen-bond donors (Lipinski definition) is 3. The summed E-state index contributed by atoms with van der Waals surface area (Å²) in [5.41, 5.74) is 5.32. The lowest BCUT2D eigenvalue weighted by molar-refractivity contribution is 0.317. The quantitative estimate of drug-likeness (QED) is 0.601. The molecule has 0 atom stereocenters. The maximum atomic E-state index is 10.6. The van der Waals surface area contributed by atoms with Gasteiger partial charge in [-0.2, -0.15) is 0 Å². The molecule has 0 amide bonds. The molecule has 2 heterocycles. The van der Waals surface area contributed by atoms with E-state index >= 15 is 0 Å². The van der Waals surface area contributed by atoms with Crippen molar-refractivity contribution in [2.24, 2.45) is 0 Å². The number of rotatable bonds is 5. The summed E-state index contributed by atoms with van der Waals surface area (Å²) >= 11 is 0. The lowest BCUT2D eigenvalue weighted by atomic mass is 10.1. The zero-order chi connectivity index (χ0) is 19.8. The second-order valence-corrected chi connectivity index (χ2v) is 7.14. The summed E-state index contributed by atoms with van der Waals surface area (Å²) in [6.45, 7) is 7.05. The highest BCUT2D eigenvalue weighted by Gasteiger charge is 2.31. The van der Waals surface area contributed by atoms with Crippen LogP contribution in [0.25, 0.3) is 16.6 Å². The summed E-state index contributed by atoms with van der Waals surface area (Å²) in [7, 11) is 0. The molecule has 3 aromatic rings. The number of aliphatic hydroxyl groups excluding tert-OH is 1. The molecule has 28 heavy (non-hydrogen) atoms. The molecule has 0 saturated heterocycles. The van der Waals surface area contributed by atoms with Crippen molar-refractivity contribution in [3.05, 3.63) is 59.1 Å². The average molecular weight is 376 g/mol. The number of H-pyrrole nitrogens is 1. The third kappa shape index (κ3) is 3.11. The van der Waals surface area contributed by atoms with Crippen molar-refractivity contribution >= 4 is 28.1 Å². The third-order valence-electron chi connectivity index (χ3n) is 5.04. The van der Waals surface area contributed by atoms with Crippen molar-refractivity contribution in [1.82, 2.24) is 9.97 Å². The molecule has 144 valence electrons. The summed E-state index contributed by atoms with van der Waals surface area (Å²) < 4.78 is 5.70. The second kappa shape index (κ2) is 7.03. The van der Waals surface area contributed by atoms with Gasteiger partial charge in [0.25, 0.3) is 0 Å². The van der Waals surface area contributed by atoms with E-state index in [-0.39, 0.29) is 18.1 Å². The van der Waals surface area contributed by atoms with Gasteiger partial charge in [0.05, 0.1) is 29.8 Å². The van der Waals surface area contributed by atoms with E-state index in [1.807, 2.05) is 43.3 Å². The van der Waals surface area contributed by atoms with E-state index in [0.29, 0.717) is 18.0 Å². The summed E-state index contributed by atoms with van der Waals surface area (Å²) in [5.74, 6) is 1.63. The molecule has 6 heteroatoms. The van der Waals surface area contributed by atoms with E-state index in [9.17, 15) is 5.11 Å². The number of nitrogens with zero attached hydrogens (tertiary/aromatic N) is 2. The molecular weight excluding hydrogens is 352 g/mol. The van der Waals surface area contributed by atoms with Crippen LogP contribution in [0.1, 0.15) is 30.3 Å². The van der Waals surface area contributed by atoms with E-state index in [1.54, 1.807) is 4.90 Å². The van der Waals surface area contributed by atoms with E-state index in [0.717, 1.165) is 34.5 Å². The molecule has 0 aliphatic carbocycles.